The smallest absolute Gasteiger partial charge is 0.486 e. The van der Waals surface area contributed by atoms with Crippen molar-refractivity contribution in [3.63, 3.8) is 0 Å². The summed E-state index contributed by atoms with van der Waals surface area (Å²) >= 11 is 0. The normalized spacial score (nSPS) is 18.6. The van der Waals surface area contributed by atoms with Crippen LogP contribution in [0.1, 0.15) is 30.0 Å². The summed E-state index contributed by atoms with van der Waals surface area (Å²) in [6, 6.07) is 11.7. The van der Waals surface area contributed by atoms with Crippen molar-refractivity contribution in [2.75, 3.05) is 26.3 Å². The molecule has 166 valence electrons. The average Bonchev–Trinajstić information content (AvgIpc) is 3.19. The molecule has 1 saturated heterocycles. The minimum absolute atomic E-state index is 0.0480. The Labute approximate surface area is 177 Å². The van der Waals surface area contributed by atoms with Crippen LogP contribution in [0.5, 0.6) is 17.2 Å². The Hall–Kier alpha value is -2.94. The molecule has 1 unspecified atom stereocenters. The van der Waals surface area contributed by atoms with Crippen molar-refractivity contribution in [3.05, 3.63) is 53.6 Å². The van der Waals surface area contributed by atoms with Crippen molar-refractivity contribution in [2.45, 2.75) is 31.8 Å². The summed E-state index contributed by atoms with van der Waals surface area (Å²) in [5.41, 5.74) is 1.32. The van der Waals surface area contributed by atoms with Crippen molar-refractivity contribution >= 4 is 5.91 Å². The van der Waals surface area contributed by atoms with Gasteiger partial charge in [0.05, 0.1) is 6.54 Å². The summed E-state index contributed by atoms with van der Waals surface area (Å²) in [4.78, 5) is 14.6. The van der Waals surface area contributed by atoms with Gasteiger partial charge in [-0.2, -0.15) is 0 Å². The zero-order valence-corrected chi connectivity index (χ0v) is 16.8. The van der Waals surface area contributed by atoms with Gasteiger partial charge in [-0.15, -0.1) is 13.2 Å². The van der Waals surface area contributed by atoms with Crippen molar-refractivity contribution in [1.29, 1.82) is 0 Å². The van der Waals surface area contributed by atoms with E-state index in [4.69, 9.17) is 9.47 Å². The Kier molecular flexibility index (Phi) is 6.22. The fraction of sp³-hybridized carbons (Fsp3) is 0.409. The number of amides is 1. The molecule has 0 aliphatic carbocycles. The molecule has 1 atom stereocenters. The van der Waals surface area contributed by atoms with Gasteiger partial charge in [-0.25, -0.2) is 0 Å². The maximum Gasteiger partial charge on any atom is 0.573 e. The Balaban J connectivity index is 1.37. The second kappa shape index (κ2) is 9.05. The zero-order valence-electron chi connectivity index (χ0n) is 16.8. The van der Waals surface area contributed by atoms with Crippen LogP contribution in [0.25, 0.3) is 0 Å². The van der Waals surface area contributed by atoms with Crippen LogP contribution < -0.4 is 19.5 Å². The number of halogens is 3. The number of likely N-dealkylation sites (tertiary alicyclic amines) is 1. The largest absolute Gasteiger partial charge is 0.573 e. The lowest BCUT2D eigenvalue weighted by atomic mass is 10.0. The predicted octanol–water partition coefficient (Wildman–Crippen LogP) is 3.81. The van der Waals surface area contributed by atoms with Crippen molar-refractivity contribution < 1.29 is 32.2 Å². The van der Waals surface area contributed by atoms with Gasteiger partial charge < -0.3 is 19.5 Å². The first kappa shape index (κ1) is 21.3. The van der Waals surface area contributed by atoms with Crippen molar-refractivity contribution in [2.24, 2.45) is 0 Å². The molecule has 2 aromatic carbocycles. The van der Waals surface area contributed by atoms with Crippen LogP contribution in [0.2, 0.25) is 0 Å². The molecule has 2 aliphatic rings. The number of benzene rings is 2. The first-order valence-electron chi connectivity index (χ1n) is 10.1. The quantitative estimate of drug-likeness (QED) is 0.746. The molecule has 1 amide bonds. The summed E-state index contributed by atoms with van der Waals surface area (Å²) in [5.74, 6) is 0.857. The molecule has 1 N–H and O–H groups in total. The lowest BCUT2D eigenvalue weighted by molar-refractivity contribution is -0.274. The molecule has 6 nitrogen and oxygen atoms in total. The van der Waals surface area contributed by atoms with E-state index in [0.717, 1.165) is 30.7 Å². The van der Waals surface area contributed by atoms with E-state index in [1.165, 1.54) is 18.2 Å². The fourth-order valence-corrected chi connectivity index (χ4v) is 3.97. The van der Waals surface area contributed by atoms with Gasteiger partial charge >= 0.3 is 6.36 Å². The molecule has 2 aliphatic heterocycles. The Morgan fingerprint density at radius 1 is 1.13 bits per heavy atom. The number of nitrogens with zero attached hydrogens (tertiary/aromatic N) is 1. The number of hydrogen-bond donors (Lipinski definition) is 1. The van der Waals surface area contributed by atoms with E-state index in [-0.39, 0.29) is 36.4 Å². The molecule has 4 rings (SSSR count). The van der Waals surface area contributed by atoms with E-state index in [1.807, 2.05) is 18.2 Å². The summed E-state index contributed by atoms with van der Waals surface area (Å²) in [7, 11) is 0. The average molecular weight is 436 g/mol. The van der Waals surface area contributed by atoms with E-state index in [0.29, 0.717) is 19.0 Å². The summed E-state index contributed by atoms with van der Waals surface area (Å²) < 4.78 is 53.0. The number of nitrogens with one attached hydrogen (secondary N) is 1. The first-order chi connectivity index (χ1) is 14.9. The van der Waals surface area contributed by atoms with E-state index >= 15 is 0 Å². The molecule has 2 heterocycles. The summed E-state index contributed by atoms with van der Waals surface area (Å²) in [5, 5.41) is 2.70. The molecule has 0 bridgehead atoms. The summed E-state index contributed by atoms with van der Waals surface area (Å²) in [6.07, 6.45) is -2.92. The maximum absolute atomic E-state index is 12.6. The molecule has 0 radical (unpaired) electrons. The molecule has 0 spiro atoms. The second-order valence-electron chi connectivity index (χ2n) is 7.46. The number of para-hydroxylation sites is 1. The Morgan fingerprint density at radius 2 is 1.90 bits per heavy atom. The first-order valence-corrected chi connectivity index (χ1v) is 10.1. The van der Waals surface area contributed by atoms with Gasteiger partial charge in [-0.3, -0.25) is 9.69 Å². The minimum Gasteiger partial charge on any atom is -0.486 e. The number of carbonyl (C=O) groups is 1. The highest BCUT2D eigenvalue weighted by molar-refractivity contribution is 5.78. The van der Waals surface area contributed by atoms with Crippen LogP contribution in [-0.4, -0.2) is 43.5 Å². The SMILES string of the molecule is O=C(CN1CCCC1c1ccc2c(c1)OCCO2)NCc1ccccc1OC(F)(F)F. The monoisotopic (exact) mass is 436 g/mol. The summed E-state index contributed by atoms with van der Waals surface area (Å²) in [6.45, 7) is 1.90. The van der Waals surface area contributed by atoms with Crippen LogP contribution in [0.15, 0.2) is 42.5 Å². The van der Waals surface area contributed by atoms with Crippen molar-refractivity contribution in [1.82, 2.24) is 10.2 Å². The Morgan fingerprint density at radius 3 is 2.71 bits per heavy atom. The van der Waals surface area contributed by atoms with Crippen LogP contribution >= 0.6 is 0 Å². The molecule has 2 aromatic rings. The standard InChI is InChI=1S/C22H23F3N2O4/c23-22(24,25)31-18-6-2-1-4-16(18)13-26-21(28)14-27-9-3-5-17(27)15-7-8-19-20(12-15)30-11-10-29-19/h1-2,4,6-8,12,17H,3,5,9-11,13-14H2,(H,26,28). The highest BCUT2D eigenvalue weighted by Crippen LogP contribution is 2.37. The molecule has 0 saturated carbocycles. The maximum atomic E-state index is 12.6. The molecular formula is C22H23F3N2O4. The molecular weight excluding hydrogens is 413 g/mol. The molecule has 31 heavy (non-hydrogen) atoms. The van der Waals surface area contributed by atoms with Gasteiger partial charge in [-0.05, 0) is 43.1 Å². The fourth-order valence-electron chi connectivity index (χ4n) is 3.97. The van der Waals surface area contributed by atoms with Gasteiger partial charge in [0.2, 0.25) is 5.91 Å². The van der Waals surface area contributed by atoms with Crippen molar-refractivity contribution in [3.8, 4) is 17.2 Å². The number of rotatable bonds is 6. The van der Waals surface area contributed by atoms with Crippen LogP contribution in [0, 0.1) is 0 Å². The molecule has 9 heteroatoms. The zero-order chi connectivity index (χ0) is 21.8. The van der Waals surface area contributed by atoms with Crippen LogP contribution in [-0.2, 0) is 11.3 Å². The van der Waals surface area contributed by atoms with Crippen LogP contribution in [0.3, 0.4) is 0 Å². The van der Waals surface area contributed by atoms with Gasteiger partial charge in [0.1, 0.15) is 19.0 Å². The number of fused-ring (bicyclic) bond motifs is 1. The predicted molar refractivity (Wildman–Crippen MR) is 106 cm³/mol. The highest BCUT2D eigenvalue weighted by Gasteiger charge is 2.32. The topological polar surface area (TPSA) is 60.0 Å². The third kappa shape index (κ3) is 5.41. The van der Waals surface area contributed by atoms with Gasteiger partial charge in [0.25, 0.3) is 0 Å². The second-order valence-corrected chi connectivity index (χ2v) is 7.46. The van der Waals surface area contributed by atoms with Gasteiger partial charge in [-0.1, -0.05) is 24.3 Å². The number of alkyl halides is 3. The third-order valence-corrected chi connectivity index (χ3v) is 5.34. The number of hydrogen-bond acceptors (Lipinski definition) is 5. The Bertz CT molecular complexity index is 935. The molecule has 0 aromatic heterocycles. The van der Waals surface area contributed by atoms with Gasteiger partial charge in [0, 0.05) is 18.2 Å². The lowest BCUT2D eigenvalue weighted by Crippen LogP contribution is -2.36. The van der Waals surface area contributed by atoms with E-state index < -0.39 is 6.36 Å². The number of carbonyl (C=O) groups excluding carboxylic acids is 1. The van der Waals surface area contributed by atoms with E-state index in [9.17, 15) is 18.0 Å². The highest BCUT2D eigenvalue weighted by atomic mass is 19.4. The van der Waals surface area contributed by atoms with Gasteiger partial charge in [0.15, 0.2) is 11.5 Å². The van der Waals surface area contributed by atoms with E-state index in [1.54, 1.807) is 6.07 Å². The number of ether oxygens (including phenoxy) is 3. The van der Waals surface area contributed by atoms with E-state index in [2.05, 4.69) is 15.0 Å². The van der Waals surface area contributed by atoms with Crippen LogP contribution in [0.4, 0.5) is 13.2 Å². The third-order valence-electron chi connectivity index (χ3n) is 5.34. The molecule has 1 fully saturated rings. The minimum atomic E-state index is -4.79. The lowest BCUT2D eigenvalue weighted by Gasteiger charge is -2.26.